The van der Waals surface area contributed by atoms with Crippen molar-refractivity contribution in [1.82, 2.24) is 10.2 Å². The Bertz CT molecular complexity index is 147. The summed E-state index contributed by atoms with van der Waals surface area (Å²) in [5.74, 6) is 2.56. The first-order chi connectivity index (χ1) is 6.18. The van der Waals surface area contributed by atoms with E-state index < -0.39 is 0 Å². The molecule has 0 unspecified atom stereocenters. The number of hydrogen-bond acceptors (Lipinski definition) is 2. The molecule has 0 saturated carbocycles. The van der Waals surface area contributed by atoms with Gasteiger partial charge in [0.25, 0.3) is 0 Å². The van der Waals surface area contributed by atoms with Crippen molar-refractivity contribution in [2.45, 2.75) is 32.7 Å². The molecule has 0 aliphatic carbocycles. The fourth-order valence-electron chi connectivity index (χ4n) is 1.03. The highest BCUT2D eigenvalue weighted by Gasteiger charge is 2.00. The molecule has 1 N–H and O–H groups in total. The Hall–Kier alpha value is -0.520. The average molecular weight is 182 g/mol. The summed E-state index contributed by atoms with van der Waals surface area (Å²) < 4.78 is 0. The first kappa shape index (κ1) is 12.5. The van der Waals surface area contributed by atoms with Crippen molar-refractivity contribution in [3.63, 3.8) is 0 Å². The van der Waals surface area contributed by atoms with Crippen molar-refractivity contribution in [1.29, 1.82) is 0 Å². The van der Waals surface area contributed by atoms with Crippen molar-refractivity contribution in [3.05, 3.63) is 0 Å². The summed E-state index contributed by atoms with van der Waals surface area (Å²) in [5, 5.41) is 3.18. The van der Waals surface area contributed by atoms with E-state index in [4.69, 9.17) is 6.42 Å². The van der Waals surface area contributed by atoms with E-state index in [9.17, 15) is 0 Å². The lowest BCUT2D eigenvalue weighted by molar-refractivity contribution is 0.268. The van der Waals surface area contributed by atoms with Crippen LogP contribution in [-0.2, 0) is 0 Å². The van der Waals surface area contributed by atoms with Crippen molar-refractivity contribution in [2.24, 2.45) is 0 Å². The maximum absolute atomic E-state index is 5.11. The maximum atomic E-state index is 5.11. The molecule has 0 aromatic heterocycles. The Morgan fingerprint density at radius 1 is 1.38 bits per heavy atom. The molecule has 2 heteroatoms. The standard InChI is InChI=1S/C11H22N2/c1-5-8-12-9-6-7-10-13(4)11(2)3/h1,11-12H,6-10H2,2-4H3. The Labute approximate surface area is 82.7 Å². The summed E-state index contributed by atoms with van der Waals surface area (Å²) in [7, 11) is 2.17. The van der Waals surface area contributed by atoms with Crippen molar-refractivity contribution in [2.75, 3.05) is 26.7 Å². The van der Waals surface area contributed by atoms with Gasteiger partial charge in [-0.2, -0.15) is 0 Å². The summed E-state index contributed by atoms with van der Waals surface area (Å²) in [6.07, 6.45) is 7.56. The molecule has 0 radical (unpaired) electrons. The maximum Gasteiger partial charge on any atom is 0.0573 e. The minimum Gasteiger partial charge on any atom is -0.306 e. The summed E-state index contributed by atoms with van der Waals surface area (Å²) >= 11 is 0. The van der Waals surface area contributed by atoms with Gasteiger partial charge in [-0.1, -0.05) is 5.92 Å². The van der Waals surface area contributed by atoms with Crippen molar-refractivity contribution < 1.29 is 0 Å². The zero-order valence-electron chi connectivity index (χ0n) is 9.14. The van der Waals surface area contributed by atoms with Crippen molar-refractivity contribution >= 4 is 0 Å². The lowest BCUT2D eigenvalue weighted by Gasteiger charge is -2.20. The molecule has 0 aromatic rings. The summed E-state index contributed by atoms with van der Waals surface area (Å²) in [5.41, 5.74) is 0. The lowest BCUT2D eigenvalue weighted by Crippen LogP contribution is -2.27. The molecule has 76 valence electrons. The van der Waals surface area contributed by atoms with Gasteiger partial charge in [0.05, 0.1) is 6.54 Å². The van der Waals surface area contributed by atoms with Crippen LogP contribution in [0.5, 0.6) is 0 Å². The van der Waals surface area contributed by atoms with Gasteiger partial charge >= 0.3 is 0 Å². The second kappa shape index (κ2) is 8.10. The first-order valence-electron chi connectivity index (χ1n) is 5.03. The van der Waals surface area contributed by atoms with E-state index in [1.807, 2.05) is 0 Å². The Kier molecular flexibility index (Phi) is 7.77. The van der Waals surface area contributed by atoms with Gasteiger partial charge in [0.2, 0.25) is 0 Å². The zero-order chi connectivity index (χ0) is 10.1. The highest BCUT2D eigenvalue weighted by Crippen LogP contribution is 1.96. The highest BCUT2D eigenvalue weighted by molar-refractivity contribution is 4.86. The number of hydrogen-bond donors (Lipinski definition) is 1. The molecule has 0 aliphatic rings. The zero-order valence-corrected chi connectivity index (χ0v) is 9.14. The van der Waals surface area contributed by atoms with Crippen LogP contribution in [0.4, 0.5) is 0 Å². The van der Waals surface area contributed by atoms with E-state index in [1.54, 1.807) is 0 Å². The number of nitrogens with one attached hydrogen (secondary N) is 1. The Morgan fingerprint density at radius 3 is 2.62 bits per heavy atom. The molecule has 0 heterocycles. The highest BCUT2D eigenvalue weighted by atomic mass is 15.1. The Balaban J connectivity index is 3.12. The molecule has 0 fully saturated rings. The molecule has 2 nitrogen and oxygen atoms in total. The van der Waals surface area contributed by atoms with Crippen LogP contribution in [0.15, 0.2) is 0 Å². The van der Waals surface area contributed by atoms with Gasteiger partial charge in [-0.25, -0.2) is 0 Å². The van der Waals surface area contributed by atoms with Crippen molar-refractivity contribution in [3.8, 4) is 12.3 Å². The van der Waals surface area contributed by atoms with E-state index in [0.717, 1.165) is 6.54 Å². The van der Waals surface area contributed by atoms with E-state index in [2.05, 4.69) is 37.0 Å². The van der Waals surface area contributed by atoms with E-state index in [0.29, 0.717) is 12.6 Å². The summed E-state index contributed by atoms with van der Waals surface area (Å²) in [6, 6.07) is 0.652. The van der Waals surface area contributed by atoms with E-state index in [1.165, 1.54) is 19.4 Å². The fourth-order valence-corrected chi connectivity index (χ4v) is 1.03. The molecule has 0 aliphatic heterocycles. The second-order valence-electron chi connectivity index (χ2n) is 3.66. The third-order valence-corrected chi connectivity index (χ3v) is 2.22. The number of terminal acetylenes is 1. The van der Waals surface area contributed by atoms with Crippen LogP contribution in [0, 0.1) is 12.3 Å². The van der Waals surface area contributed by atoms with Gasteiger partial charge < -0.3 is 10.2 Å². The predicted molar refractivity (Wildman–Crippen MR) is 58.7 cm³/mol. The van der Waals surface area contributed by atoms with E-state index in [-0.39, 0.29) is 0 Å². The number of rotatable bonds is 7. The van der Waals surface area contributed by atoms with Crippen LogP contribution >= 0.6 is 0 Å². The normalized spacial score (nSPS) is 10.8. The lowest BCUT2D eigenvalue weighted by atomic mass is 10.2. The quantitative estimate of drug-likeness (QED) is 0.472. The topological polar surface area (TPSA) is 15.3 Å². The molecule has 0 rings (SSSR count). The minimum atomic E-state index is 0.652. The largest absolute Gasteiger partial charge is 0.306 e. The van der Waals surface area contributed by atoms with Crippen LogP contribution in [0.2, 0.25) is 0 Å². The molecule has 0 spiro atoms. The van der Waals surface area contributed by atoms with Gasteiger partial charge in [-0.15, -0.1) is 6.42 Å². The summed E-state index contributed by atoms with van der Waals surface area (Å²) in [6.45, 7) is 7.35. The van der Waals surface area contributed by atoms with Gasteiger partial charge in [0, 0.05) is 6.04 Å². The Morgan fingerprint density at radius 2 is 2.08 bits per heavy atom. The molecule has 0 aromatic carbocycles. The monoisotopic (exact) mass is 182 g/mol. The number of unbranched alkanes of at least 4 members (excludes halogenated alkanes) is 1. The van der Waals surface area contributed by atoms with Crippen LogP contribution in [0.3, 0.4) is 0 Å². The van der Waals surface area contributed by atoms with Gasteiger partial charge in [-0.05, 0) is 46.8 Å². The van der Waals surface area contributed by atoms with Crippen LogP contribution < -0.4 is 5.32 Å². The molecular formula is C11H22N2. The minimum absolute atomic E-state index is 0.652. The predicted octanol–water partition coefficient (Wildman–Crippen LogP) is 1.33. The molecule has 0 atom stereocenters. The first-order valence-corrected chi connectivity index (χ1v) is 5.03. The van der Waals surface area contributed by atoms with Gasteiger partial charge in [-0.3, -0.25) is 0 Å². The third-order valence-electron chi connectivity index (χ3n) is 2.22. The van der Waals surface area contributed by atoms with Crippen LogP contribution in [0.1, 0.15) is 26.7 Å². The second-order valence-corrected chi connectivity index (χ2v) is 3.66. The molecule has 0 amide bonds. The SMILES string of the molecule is C#CCNCCCCN(C)C(C)C. The van der Waals surface area contributed by atoms with Crippen LogP contribution in [-0.4, -0.2) is 37.6 Å². The van der Waals surface area contributed by atoms with Gasteiger partial charge in [0.15, 0.2) is 0 Å². The molecular weight excluding hydrogens is 160 g/mol. The molecule has 0 bridgehead atoms. The average Bonchev–Trinajstić information content (AvgIpc) is 2.10. The molecule has 13 heavy (non-hydrogen) atoms. The third kappa shape index (κ3) is 7.83. The van der Waals surface area contributed by atoms with E-state index >= 15 is 0 Å². The van der Waals surface area contributed by atoms with Gasteiger partial charge in [0.1, 0.15) is 0 Å². The summed E-state index contributed by atoms with van der Waals surface area (Å²) in [4.78, 5) is 2.36. The number of nitrogens with zero attached hydrogens (tertiary/aromatic N) is 1. The van der Waals surface area contributed by atoms with Crippen LogP contribution in [0.25, 0.3) is 0 Å². The smallest absolute Gasteiger partial charge is 0.0573 e. The fraction of sp³-hybridized carbons (Fsp3) is 0.818. The molecule has 0 saturated heterocycles.